The smallest absolute Gasteiger partial charge is 0.0466 e. The normalized spacial score (nSPS) is 38.5. The topological polar surface area (TPSA) is 12.0 Å². The van der Waals surface area contributed by atoms with Crippen LogP contribution in [0.15, 0.2) is 24.3 Å². The van der Waals surface area contributed by atoms with E-state index in [9.17, 15) is 0 Å². The van der Waals surface area contributed by atoms with Crippen molar-refractivity contribution in [3.63, 3.8) is 0 Å². The first-order valence-electron chi connectivity index (χ1n) is 5.99. The maximum Gasteiger partial charge on any atom is 0.0466 e. The Morgan fingerprint density at radius 1 is 1.20 bits per heavy atom. The summed E-state index contributed by atoms with van der Waals surface area (Å²) < 4.78 is 0. The van der Waals surface area contributed by atoms with Crippen molar-refractivity contribution < 1.29 is 0 Å². The average Bonchev–Trinajstić information content (AvgIpc) is 2.47. The van der Waals surface area contributed by atoms with Gasteiger partial charge in [0.1, 0.15) is 0 Å². The van der Waals surface area contributed by atoms with E-state index in [2.05, 4.69) is 43.4 Å². The Morgan fingerprint density at radius 2 is 2.00 bits per heavy atom. The van der Waals surface area contributed by atoms with Crippen LogP contribution in [0, 0.1) is 5.41 Å². The molecule has 1 heterocycles. The van der Waals surface area contributed by atoms with Gasteiger partial charge in [-0.25, -0.2) is 0 Å². The summed E-state index contributed by atoms with van der Waals surface area (Å²) in [6, 6.07) is 8.94. The van der Waals surface area contributed by atoms with E-state index in [1.165, 1.54) is 31.4 Å². The van der Waals surface area contributed by atoms with Crippen molar-refractivity contribution >= 4 is 0 Å². The molecule has 1 aliphatic heterocycles. The highest BCUT2D eigenvalue weighted by Gasteiger charge is 2.52. The second-order valence-corrected chi connectivity index (χ2v) is 5.55. The lowest BCUT2D eigenvalue weighted by atomic mass is 9.67. The molecule has 1 aromatic carbocycles. The number of piperidine rings is 1. The molecule has 1 N–H and O–H groups in total. The van der Waals surface area contributed by atoms with E-state index in [-0.39, 0.29) is 5.54 Å². The van der Waals surface area contributed by atoms with Crippen LogP contribution >= 0.6 is 0 Å². The van der Waals surface area contributed by atoms with Gasteiger partial charge in [-0.2, -0.15) is 0 Å². The molecule has 0 saturated carbocycles. The van der Waals surface area contributed by atoms with Gasteiger partial charge in [-0.05, 0) is 49.3 Å². The van der Waals surface area contributed by atoms with Gasteiger partial charge >= 0.3 is 0 Å². The highest BCUT2D eigenvalue weighted by molar-refractivity contribution is 5.42. The van der Waals surface area contributed by atoms with E-state index in [0.717, 1.165) is 0 Å². The molecule has 0 spiro atoms. The molecule has 1 saturated heterocycles. The summed E-state index contributed by atoms with van der Waals surface area (Å²) in [6.45, 7) is 6.00. The number of nitrogens with one attached hydrogen (secondary N) is 1. The minimum Gasteiger partial charge on any atom is -0.307 e. The predicted octanol–water partition coefficient (Wildman–Crippen LogP) is 2.85. The van der Waals surface area contributed by atoms with E-state index < -0.39 is 0 Å². The zero-order valence-corrected chi connectivity index (χ0v) is 9.64. The second kappa shape index (κ2) is 2.85. The monoisotopic (exact) mass is 201 g/mol. The molecule has 15 heavy (non-hydrogen) atoms. The Labute approximate surface area is 91.9 Å². The van der Waals surface area contributed by atoms with Crippen LogP contribution in [0.5, 0.6) is 0 Å². The molecule has 0 unspecified atom stereocenters. The SMILES string of the molecule is C[C@@]12CCCN[C@]1(C)c1ccccc1C2. The average molecular weight is 201 g/mol. The molecule has 0 aromatic heterocycles. The van der Waals surface area contributed by atoms with Crippen LogP contribution in [-0.4, -0.2) is 6.54 Å². The zero-order valence-electron chi connectivity index (χ0n) is 9.64. The van der Waals surface area contributed by atoms with Crippen molar-refractivity contribution in [2.45, 2.75) is 38.6 Å². The van der Waals surface area contributed by atoms with Crippen LogP contribution in [-0.2, 0) is 12.0 Å². The number of fused-ring (bicyclic) bond motifs is 3. The van der Waals surface area contributed by atoms with Crippen molar-refractivity contribution in [2.24, 2.45) is 5.41 Å². The summed E-state index contributed by atoms with van der Waals surface area (Å²) in [7, 11) is 0. The quantitative estimate of drug-likeness (QED) is 0.680. The number of benzene rings is 1. The molecule has 1 aromatic rings. The van der Waals surface area contributed by atoms with Crippen LogP contribution in [0.2, 0.25) is 0 Å². The van der Waals surface area contributed by atoms with Crippen molar-refractivity contribution in [3.05, 3.63) is 35.4 Å². The van der Waals surface area contributed by atoms with Crippen LogP contribution in [0.4, 0.5) is 0 Å². The summed E-state index contributed by atoms with van der Waals surface area (Å²) in [6.07, 6.45) is 3.91. The minimum absolute atomic E-state index is 0.210. The van der Waals surface area contributed by atoms with Crippen LogP contribution in [0.25, 0.3) is 0 Å². The first-order valence-corrected chi connectivity index (χ1v) is 5.99. The van der Waals surface area contributed by atoms with Crippen molar-refractivity contribution in [1.82, 2.24) is 5.32 Å². The molecule has 1 aliphatic carbocycles. The molecule has 0 radical (unpaired) electrons. The fraction of sp³-hybridized carbons (Fsp3) is 0.571. The van der Waals surface area contributed by atoms with E-state index >= 15 is 0 Å². The lowest BCUT2D eigenvalue weighted by Crippen LogP contribution is -2.53. The molecule has 2 atom stereocenters. The van der Waals surface area contributed by atoms with Gasteiger partial charge in [-0.15, -0.1) is 0 Å². The van der Waals surface area contributed by atoms with E-state index in [1.807, 2.05) is 0 Å². The van der Waals surface area contributed by atoms with Gasteiger partial charge in [0, 0.05) is 5.54 Å². The summed E-state index contributed by atoms with van der Waals surface area (Å²) in [5.74, 6) is 0. The van der Waals surface area contributed by atoms with Gasteiger partial charge in [0.25, 0.3) is 0 Å². The largest absolute Gasteiger partial charge is 0.307 e. The van der Waals surface area contributed by atoms with Gasteiger partial charge in [0.15, 0.2) is 0 Å². The molecule has 3 rings (SSSR count). The molecule has 0 amide bonds. The second-order valence-electron chi connectivity index (χ2n) is 5.55. The summed E-state index contributed by atoms with van der Waals surface area (Å²) in [5, 5.41) is 3.75. The molecule has 1 heteroatoms. The van der Waals surface area contributed by atoms with E-state index in [4.69, 9.17) is 0 Å². The third-order valence-electron chi connectivity index (χ3n) is 4.73. The van der Waals surface area contributed by atoms with Crippen molar-refractivity contribution in [2.75, 3.05) is 6.54 Å². The van der Waals surface area contributed by atoms with Gasteiger partial charge < -0.3 is 5.32 Å². The van der Waals surface area contributed by atoms with E-state index in [1.54, 1.807) is 5.56 Å². The fourth-order valence-electron chi connectivity index (χ4n) is 3.55. The summed E-state index contributed by atoms with van der Waals surface area (Å²) in [5.41, 5.74) is 3.72. The fourth-order valence-corrected chi connectivity index (χ4v) is 3.55. The molecule has 80 valence electrons. The van der Waals surface area contributed by atoms with Crippen molar-refractivity contribution in [1.29, 1.82) is 0 Å². The zero-order chi connectivity index (χ0) is 10.5. The van der Waals surface area contributed by atoms with Crippen LogP contribution in [0.3, 0.4) is 0 Å². The Bertz CT molecular complexity index is 398. The third-order valence-corrected chi connectivity index (χ3v) is 4.73. The Morgan fingerprint density at radius 3 is 2.87 bits per heavy atom. The van der Waals surface area contributed by atoms with Crippen LogP contribution < -0.4 is 5.32 Å². The standard InChI is InChI=1S/C14H19N/c1-13-8-5-9-15-14(13,2)12-7-4-3-6-11(12)10-13/h3-4,6-7,15H,5,8-10H2,1-2H3/t13-,14+/m0/s1. The number of rotatable bonds is 0. The molecule has 1 nitrogen and oxygen atoms in total. The lowest BCUT2D eigenvalue weighted by molar-refractivity contribution is 0.0887. The van der Waals surface area contributed by atoms with Gasteiger partial charge in [-0.1, -0.05) is 31.2 Å². The third kappa shape index (κ3) is 1.07. The summed E-state index contributed by atoms with van der Waals surface area (Å²) in [4.78, 5) is 0. The number of hydrogen-bond donors (Lipinski definition) is 1. The van der Waals surface area contributed by atoms with Crippen LogP contribution in [0.1, 0.15) is 37.8 Å². The maximum atomic E-state index is 3.75. The molecule has 0 bridgehead atoms. The summed E-state index contributed by atoms with van der Waals surface area (Å²) >= 11 is 0. The first kappa shape index (κ1) is 9.41. The Balaban J connectivity index is 2.17. The van der Waals surface area contributed by atoms with E-state index in [0.29, 0.717) is 5.41 Å². The van der Waals surface area contributed by atoms with Gasteiger partial charge in [0.2, 0.25) is 0 Å². The predicted molar refractivity (Wildman–Crippen MR) is 62.8 cm³/mol. The van der Waals surface area contributed by atoms with Gasteiger partial charge in [-0.3, -0.25) is 0 Å². The Kier molecular flexibility index (Phi) is 1.79. The number of hydrogen-bond acceptors (Lipinski definition) is 1. The first-order chi connectivity index (χ1) is 7.16. The highest BCUT2D eigenvalue weighted by Crippen LogP contribution is 2.53. The molecular formula is C14H19N. The molecular weight excluding hydrogens is 182 g/mol. The molecule has 1 fully saturated rings. The lowest BCUT2D eigenvalue weighted by Gasteiger charge is -2.46. The maximum absolute atomic E-state index is 3.75. The Hall–Kier alpha value is -0.820. The van der Waals surface area contributed by atoms with Crippen molar-refractivity contribution in [3.8, 4) is 0 Å². The minimum atomic E-state index is 0.210. The highest BCUT2D eigenvalue weighted by atomic mass is 15.0. The van der Waals surface area contributed by atoms with Gasteiger partial charge in [0.05, 0.1) is 0 Å². The molecule has 2 aliphatic rings.